The van der Waals surface area contributed by atoms with Gasteiger partial charge in [-0.25, -0.2) is 4.98 Å². The van der Waals surface area contributed by atoms with Crippen LogP contribution in [0.15, 0.2) is 52.1 Å². The van der Waals surface area contributed by atoms with Crippen molar-refractivity contribution in [2.45, 2.75) is 25.0 Å². The minimum absolute atomic E-state index is 0.145. The molecule has 0 bridgehead atoms. The molecule has 27 heavy (non-hydrogen) atoms. The standard InChI is InChI=1S/C18H18BrN5OS2/c1-3-7-24-17(12-8-14(4-2)26-10-12)22-23-18(24)27-11-16(25)21-15-6-5-13(19)9-20-15/h3,5-6,8-10H,1,4,7,11H2,2H3,(H,20,21,25). The molecule has 0 saturated carbocycles. The molecule has 0 fully saturated rings. The normalized spacial score (nSPS) is 10.7. The first-order valence-corrected chi connectivity index (χ1v) is 10.9. The zero-order valence-electron chi connectivity index (χ0n) is 14.7. The lowest BCUT2D eigenvalue weighted by Gasteiger charge is -2.07. The second-order valence-electron chi connectivity index (χ2n) is 5.56. The molecule has 3 heterocycles. The van der Waals surface area contributed by atoms with Crippen molar-refractivity contribution in [1.29, 1.82) is 0 Å². The third-order valence-corrected chi connectivity index (χ3v) is 6.13. The highest BCUT2D eigenvalue weighted by atomic mass is 79.9. The van der Waals surface area contributed by atoms with Gasteiger partial charge in [0.25, 0.3) is 0 Å². The van der Waals surface area contributed by atoms with Crippen LogP contribution < -0.4 is 5.32 Å². The van der Waals surface area contributed by atoms with Gasteiger partial charge in [0.15, 0.2) is 11.0 Å². The quantitative estimate of drug-likeness (QED) is 0.388. The van der Waals surface area contributed by atoms with Crippen molar-refractivity contribution in [3.8, 4) is 11.4 Å². The van der Waals surface area contributed by atoms with Gasteiger partial charge in [0.1, 0.15) is 5.82 Å². The van der Waals surface area contributed by atoms with Gasteiger partial charge in [0, 0.05) is 33.0 Å². The molecule has 1 amide bonds. The van der Waals surface area contributed by atoms with Gasteiger partial charge in [-0.15, -0.1) is 28.1 Å². The van der Waals surface area contributed by atoms with E-state index >= 15 is 0 Å². The van der Waals surface area contributed by atoms with E-state index in [0.29, 0.717) is 17.5 Å². The monoisotopic (exact) mass is 463 g/mol. The van der Waals surface area contributed by atoms with Crippen LogP contribution in [0.1, 0.15) is 11.8 Å². The number of hydrogen-bond acceptors (Lipinski definition) is 6. The summed E-state index contributed by atoms with van der Waals surface area (Å²) < 4.78 is 2.84. The molecular weight excluding hydrogens is 446 g/mol. The summed E-state index contributed by atoms with van der Waals surface area (Å²) >= 11 is 6.37. The van der Waals surface area contributed by atoms with E-state index in [1.54, 1.807) is 29.7 Å². The van der Waals surface area contributed by atoms with Gasteiger partial charge in [-0.1, -0.05) is 24.8 Å². The Labute approximate surface area is 174 Å². The topological polar surface area (TPSA) is 72.7 Å². The number of carbonyl (C=O) groups is 1. The molecule has 0 saturated heterocycles. The van der Waals surface area contributed by atoms with Gasteiger partial charge >= 0.3 is 0 Å². The number of aryl methyl sites for hydroxylation is 1. The molecule has 140 valence electrons. The van der Waals surface area contributed by atoms with Crippen LogP contribution in [0.2, 0.25) is 0 Å². The van der Waals surface area contributed by atoms with E-state index in [2.05, 4.69) is 61.4 Å². The molecule has 1 N–H and O–H groups in total. The minimum Gasteiger partial charge on any atom is -0.310 e. The highest BCUT2D eigenvalue weighted by molar-refractivity contribution is 9.10. The summed E-state index contributed by atoms with van der Waals surface area (Å²) in [6.07, 6.45) is 4.43. The minimum atomic E-state index is -0.145. The van der Waals surface area contributed by atoms with Gasteiger partial charge in [-0.3, -0.25) is 9.36 Å². The Morgan fingerprint density at radius 1 is 1.44 bits per heavy atom. The molecule has 0 aliphatic carbocycles. The van der Waals surface area contributed by atoms with E-state index in [0.717, 1.165) is 22.3 Å². The molecule has 3 rings (SSSR count). The molecular formula is C18H18BrN5OS2. The van der Waals surface area contributed by atoms with Crippen molar-refractivity contribution in [3.63, 3.8) is 0 Å². The Morgan fingerprint density at radius 3 is 2.96 bits per heavy atom. The average Bonchev–Trinajstić information content (AvgIpc) is 3.29. The fourth-order valence-corrected chi connectivity index (χ4v) is 4.14. The van der Waals surface area contributed by atoms with Crippen molar-refractivity contribution in [2.24, 2.45) is 0 Å². The number of thiophene rings is 1. The highest BCUT2D eigenvalue weighted by Crippen LogP contribution is 2.28. The third-order valence-electron chi connectivity index (χ3n) is 3.62. The van der Waals surface area contributed by atoms with Gasteiger partial charge in [-0.2, -0.15) is 0 Å². The second-order valence-corrected chi connectivity index (χ2v) is 8.41. The van der Waals surface area contributed by atoms with Gasteiger partial charge < -0.3 is 5.32 Å². The Bertz CT molecular complexity index is 936. The fourth-order valence-electron chi connectivity index (χ4n) is 2.34. The van der Waals surface area contributed by atoms with E-state index in [4.69, 9.17) is 0 Å². The number of carbonyl (C=O) groups excluding carboxylic acids is 1. The largest absolute Gasteiger partial charge is 0.310 e. The summed E-state index contributed by atoms with van der Waals surface area (Å²) in [6.45, 7) is 6.53. The zero-order valence-corrected chi connectivity index (χ0v) is 17.9. The van der Waals surface area contributed by atoms with Crippen molar-refractivity contribution in [3.05, 3.63) is 51.8 Å². The first kappa shape index (κ1) is 19.8. The molecule has 0 spiro atoms. The Kier molecular flexibility index (Phi) is 6.81. The number of anilines is 1. The maximum atomic E-state index is 12.2. The van der Waals surface area contributed by atoms with E-state index in [1.165, 1.54) is 16.6 Å². The van der Waals surface area contributed by atoms with Crippen molar-refractivity contribution in [2.75, 3.05) is 11.1 Å². The van der Waals surface area contributed by atoms with Crippen LogP contribution in [0.25, 0.3) is 11.4 Å². The summed E-state index contributed by atoms with van der Waals surface area (Å²) in [4.78, 5) is 17.6. The smallest absolute Gasteiger partial charge is 0.236 e. The Balaban J connectivity index is 1.69. The Hall–Kier alpha value is -1.97. The number of rotatable bonds is 8. The molecule has 0 atom stereocenters. The summed E-state index contributed by atoms with van der Waals surface area (Å²) in [7, 11) is 0. The SMILES string of the molecule is C=CCn1c(SCC(=O)Nc2ccc(Br)cn2)nnc1-c1csc(CC)c1. The maximum Gasteiger partial charge on any atom is 0.236 e. The van der Waals surface area contributed by atoms with Crippen molar-refractivity contribution < 1.29 is 4.79 Å². The lowest BCUT2D eigenvalue weighted by atomic mass is 10.2. The number of halogens is 1. The molecule has 0 unspecified atom stereocenters. The van der Waals surface area contributed by atoms with Gasteiger partial charge in [0.2, 0.25) is 5.91 Å². The number of pyridine rings is 1. The van der Waals surface area contributed by atoms with Crippen LogP contribution in [0, 0.1) is 0 Å². The van der Waals surface area contributed by atoms with Gasteiger partial charge in [0.05, 0.1) is 5.75 Å². The number of nitrogens with zero attached hydrogens (tertiary/aromatic N) is 4. The van der Waals surface area contributed by atoms with Gasteiger partial charge in [-0.05, 0) is 40.5 Å². The predicted octanol–water partition coefficient (Wildman–Crippen LogP) is 4.64. The number of aromatic nitrogens is 4. The van der Waals surface area contributed by atoms with Crippen LogP contribution in [0.5, 0.6) is 0 Å². The van der Waals surface area contributed by atoms with E-state index in [1.807, 2.05) is 10.6 Å². The van der Waals surface area contributed by atoms with Crippen molar-refractivity contribution in [1.82, 2.24) is 19.7 Å². The number of nitrogens with one attached hydrogen (secondary N) is 1. The maximum absolute atomic E-state index is 12.2. The summed E-state index contributed by atoms with van der Waals surface area (Å²) in [6, 6.07) is 5.70. The molecule has 3 aromatic heterocycles. The molecule has 0 aliphatic rings. The lowest BCUT2D eigenvalue weighted by molar-refractivity contribution is -0.113. The number of allylic oxidation sites excluding steroid dienone is 1. The highest BCUT2D eigenvalue weighted by Gasteiger charge is 2.16. The summed E-state index contributed by atoms with van der Waals surface area (Å²) in [5.41, 5.74) is 1.04. The molecule has 0 aliphatic heterocycles. The summed E-state index contributed by atoms with van der Waals surface area (Å²) in [5.74, 6) is 1.38. The lowest BCUT2D eigenvalue weighted by Crippen LogP contribution is -2.15. The van der Waals surface area contributed by atoms with Crippen LogP contribution >= 0.6 is 39.0 Å². The van der Waals surface area contributed by atoms with Crippen LogP contribution in [-0.4, -0.2) is 31.4 Å². The Morgan fingerprint density at radius 2 is 2.30 bits per heavy atom. The predicted molar refractivity (Wildman–Crippen MR) is 114 cm³/mol. The third kappa shape index (κ3) is 5.06. The van der Waals surface area contributed by atoms with Crippen LogP contribution in [-0.2, 0) is 17.8 Å². The van der Waals surface area contributed by atoms with Crippen LogP contribution in [0.4, 0.5) is 5.82 Å². The van der Waals surface area contributed by atoms with E-state index in [-0.39, 0.29) is 11.7 Å². The number of hydrogen-bond donors (Lipinski definition) is 1. The number of thioether (sulfide) groups is 1. The molecule has 9 heteroatoms. The summed E-state index contributed by atoms with van der Waals surface area (Å²) in [5, 5.41) is 14.1. The zero-order chi connectivity index (χ0) is 19.2. The fraction of sp³-hybridized carbons (Fsp3) is 0.222. The first-order chi connectivity index (χ1) is 13.1. The second kappa shape index (κ2) is 9.29. The van der Waals surface area contributed by atoms with Crippen molar-refractivity contribution >= 4 is 50.8 Å². The average molecular weight is 464 g/mol. The van der Waals surface area contributed by atoms with E-state index in [9.17, 15) is 4.79 Å². The molecule has 3 aromatic rings. The van der Waals surface area contributed by atoms with Crippen LogP contribution in [0.3, 0.4) is 0 Å². The van der Waals surface area contributed by atoms with E-state index < -0.39 is 0 Å². The molecule has 0 aromatic carbocycles. The molecule has 0 radical (unpaired) electrons. The number of amides is 1. The first-order valence-electron chi connectivity index (χ1n) is 8.26. The molecule has 6 nitrogen and oxygen atoms in total.